The highest BCUT2D eigenvalue weighted by molar-refractivity contribution is 7.17. The quantitative estimate of drug-likeness (QED) is 0.239. The summed E-state index contributed by atoms with van der Waals surface area (Å²) in [6.07, 6.45) is 4.50. The Labute approximate surface area is 252 Å². The van der Waals surface area contributed by atoms with E-state index < -0.39 is 0 Å². The zero-order valence-electron chi connectivity index (χ0n) is 23.5. The first-order valence-electron chi connectivity index (χ1n) is 14.5. The number of fused-ring (bicyclic) bond motifs is 4. The van der Waals surface area contributed by atoms with E-state index in [1.54, 1.807) is 24.5 Å². The van der Waals surface area contributed by atoms with Gasteiger partial charge in [-0.25, -0.2) is 4.98 Å². The maximum absolute atomic E-state index is 13.7. The lowest BCUT2D eigenvalue weighted by molar-refractivity contribution is 0.0700. The van der Waals surface area contributed by atoms with E-state index in [0.29, 0.717) is 28.2 Å². The van der Waals surface area contributed by atoms with Gasteiger partial charge in [-0.3, -0.25) is 4.79 Å². The van der Waals surface area contributed by atoms with Gasteiger partial charge in [0.2, 0.25) is 0 Å². The van der Waals surface area contributed by atoms with Crippen molar-refractivity contribution < 1.29 is 14.6 Å². The van der Waals surface area contributed by atoms with Crippen molar-refractivity contribution in [2.24, 2.45) is 24.6 Å². The largest absolute Gasteiger partial charge is 0.506 e. The highest BCUT2D eigenvalue weighted by Crippen LogP contribution is 2.44. The molecule has 8 rings (SSSR count). The summed E-state index contributed by atoms with van der Waals surface area (Å²) in [6.45, 7) is 1.62. The Morgan fingerprint density at radius 1 is 1.17 bits per heavy atom. The first-order valence-corrected chi connectivity index (χ1v) is 15.8. The normalized spacial score (nSPS) is 21.7. The maximum Gasteiger partial charge on any atom is 0.254 e. The number of hydrogen-bond acceptors (Lipinski definition) is 6. The predicted octanol–water partition coefficient (Wildman–Crippen LogP) is 6.26. The minimum Gasteiger partial charge on any atom is -0.506 e. The van der Waals surface area contributed by atoms with Gasteiger partial charge in [0.25, 0.3) is 5.91 Å². The first-order chi connectivity index (χ1) is 20.3. The number of phenolic OH excluding ortho intramolecular Hbond substituents is 1. The minimum absolute atomic E-state index is 0.000115. The number of halogens is 1. The fourth-order valence-corrected chi connectivity index (χ4v) is 8.33. The Morgan fingerprint density at radius 3 is 2.69 bits per heavy atom. The predicted molar refractivity (Wildman–Crippen MR) is 166 cm³/mol. The maximum atomic E-state index is 13.7. The lowest BCUT2D eigenvalue weighted by Crippen LogP contribution is -2.41. The molecule has 0 radical (unpaired) electrons. The second-order valence-corrected chi connectivity index (χ2v) is 13.4. The molecule has 2 aliphatic carbocycles. The van der Waals surface area contributed by atoms with Crippen LogP contribution in [0, 0.1) is 11.8 Å². The number of aromatic hydroxyl groups is 1. The number of amides is 1. The van der Waals surface area contributed by atoms with Crippen molar-refractivity contribution in [3.8, 4) is 34.1 Å². The van der Waals surface area contributed by atoms with Crippen LogP contribution in [0.5, 0.6) is 11.5 Å². The number of nitrogens with two attached hydrogens (primary N) is 1. The summed E-state index contributed by atoms with van der Waals surface area (Å²) in [5, 5.41) is 12.5. The number of methoxy groups -OCH3 is 1. The van der Waals surface area contributed by atoms with Crippen LogP contribution in [0.25, 0.3) is 43.9 Å². The van der Waals surface area contributed by atoms with Crippen LogP contribution in [0.3, 0.4) is 0 Å². The van der Waals surface area contributed by atoms with Gasteiger partial charge in [0.1, 0.15) is 17.0 Å². The molecule has 5 aromatic rings. The van der Waals surface area contributed by atoms with Gasteiger partial charge < -0.3 is 29.6 Å². The van der Waals surface area contributed by atoms with E-state index >= 15 is 0 Å². The number of imidazole rings is 1. The van der Waals surface area contributed by atoms with Gasteiger partial charge in [0, 0.05) is 48.7 Å². The number of aromatic nitrogens is 3. The zero-order chi connectivity index (χ0) is 28.9. The second kappa shape index (κ2) is 9.49. The third-order valence-corrected chi connectivity index (χ3v) is 10.8. The number of likely N-dealkylation sites (tertiary alicyclic amines) is 1. The molecule has 1 saturated heterocycles. The molecule has 10 heteroatoms. The SMILES string of the molecule is COc1cc(C(=O)N2C[C@H]3CC[C@@H]2[C@@H]3N)cc2nc(-c3cc4scc(-c5ccc(O)c(Cl)c5)c4n3CC3CC3)n(C)c12. The lowest BCUT2D eigenvalue weighted by atomic mass is 10.1. The molecule has 42 heavy (non-hydrogen) atoms. The smallest absolute Gasteiger partial charge is 0.254 e. The summed E-state index contributed by atoms with van der Waals surface area (Å²) in [7, 11) is 3.65. The molecule has 0 spiro atoms. The van der Waals surface area contributed by atoms with Gasteiger partial charge in [-0.05, 0) is 73.4 Å². The summed E-state index contributed by atoms with van der Waals surface area (Å²) in [6, 6.07) is 11.5. The number of rotatable bonds is 6. The van der Waals surface area contributed by atoms with E-state index in [-0.39, 0.29) is 23.7 Å². The standard InChI is InChI=1S/C32H32ClN5O3S/c1-36-30-22(10-19(11-26(30)41-2)32(40)38-14-18-5-7-23(38)28(18)34)35-31(36)24-12-27-29(37(24)13-16-3-4-16)20(15-42-27)17-6-8-25(39)21(33)9-17/h6,8-12,15-16,18,23,28,39H,3-5,7,13-14,34H2,1-2H3/t18-,23-,28-/m1/s1. The van der Waals surface area contributed by atoms with E-state index in [2.05, 4.69) is 20.6 Å². The van der Waals surface area contributed by atoms with Crippen molar-refractivity contribution in [1.82, 2.24) is 19.0 Å². The molecule has 2 bridgehead atoms. The third-order valence-electron chi connectivity index (χ3n) is 9.56. The average Bonchev–Trinajstić information content (AvgIpc) is 3.23. The highest BCUT2D eigenvalue weighted by atomic mass is 35.5. The lowest BCUT2D eigenvalue weighted by Gasteiger charge is -2.27. The first kappa shape index (κ1) is 26.1. The van der Waals surface area contributed by atoms with Crippen molar-refractivity contribution in [3.63, 3.8) is 0 Å². The van der Waals surface area contributed by atoms with Crippen LogP contribution in [0.4, 0.5) is 0 Å². The van der Waals surface area contributed by atoms with E-state index in [0.717, 1.165) is 65.1 Å². The minimum atomic E-state index is -0.000115. The topological polar surface area (TPSA) is 98.5 Å². The van der Waals surface area contributed by atoms with Gasteiger partial charge in [-0.2, -0.15) is 0 Å². The summed E-state index contributed by atoms with van der Waals surface area (Å²) >= 11 is 8.00. The number of carbonyl (C=O) groups is 1. The van der Waals surface area contributed by atoms with Gasteiger partial charge in [0.05, 0.1) is 33.6 Å². The number of ether oxygens (including phenoxy) is 1. The molecule has 2 aromatic carbocycles. The molecule has 3 atom stereocenters. The molecule has 3 N–H and O–H groups in total. The Kier molecular flexibility index (Phi) is 5.90. The van der Waals surface area contributed by atoms with Crippen LogP contribution < -0.4 is 10.5 Å². The van der Waals surface area contributed by atoms with E-state index in [1.807, 2.05) is 36.2 Å². The summed E-state index contributed by atoms with van der Waals surface area (Å²) in [5.41, 5.74) is 12.8. The number of piperidine rings is 1. The zero-order valence-corrected chi connectivity index (χ0v) is 25.1. The number of phenols is 1. The van der Waals surface area contributed by atoms with Crippen molar-refractivity contribution in [2.75, 3.05) is 13.7 Å². The number of aryl methyl sites for hydroxylation is 1. The molecule has 8 nitrogen and oxygen atoms in total. The molecule has 1 amide bonds. The molecule has 0 unspecified atom stereocenters. The Bertz CT molecular complexity index is 1900. The van der Waals surface area contributed by atoms with Crippen LogP contribution in [0.15, 0.2) is 41.8 Å². The summed E-state index contributed by atoms with van der Waals surface area (Å²) in [5.74, 6) is 2.56. The molecule has 4 heterocycles. The van der Waals surface area contributed by atoms with Gasteiger partial charge in [0.15, 0.2) is 5.82 Å². The Balaban J connectivity index is 1.26. The average molecular weight is 602 g/mol. The third kappa shape index (κ3) is 3.90. The van der Waals surface area contributed by atoms with Crippen molar-refractivity contribution in [3.05, 3.63) is 52.4 Å². The summed E-state index contributed by atoms with van der Waals surface area (Å²) < 4.78 is 11.5. The number of nitrogens with zero attached hydrogens (tertiary/aromatic N) is 4. The number of benzene rings is 2. The van der Waals surface area contributed by atoms with Gasteiger partial charge >= 0.3 is 0 Å². The molecule has 216 valence electrons. The van der Waals surface area contributed by atoms with Crippen molar-refractivity contribution in [2.45, 2.75) is 44.3 Å². The highest BCUT2D eigenvalue weighted by Gasteiger charge is 2.47. The molecular weight excluding hydrogens is 570 g/mol. The Morgan fingerprint density at radius 2 is 2.00 bits per heavy atom. The fraction of sp³-hybridized carbons (Fsp3) is 0.375. The van der Waals surface area contributed by atoms with E-state index in [9.17, 15) is 9.90 Å². The van der Waals surface area contributed by atoms with Crippen LogP contribution in [-0.2, 0) is 13.6 Å². The molecule has 3 fully saturated rings. The Hall–Kier alpha value is -3.53. The fourth-order valence-electron chi connectivity index (χ4n) is 7.15. The molecule has 1 aliphatic heterocycles. The molecule has 3 aliphatic rings. The monoisotopic (exact) mass is 601 g/mol. The van der Waals surface area contributed by atoms with E-state index in [1.165, 1.54) is 17.5 Å². The van der Waals surface area contributed by atoms with Gasteiger partial charge in [-0.15, -0.1) is 11.3 Å². The van der Waals surface area contributed by atoms with Gasteiger partial charge in [-0.1, -0.05) is 17.7 Å². The molecule has 3 aromatic heterocycles. The van der Waals surface area contributed by atoms with Crippen molar-refractivity contribution in [1.29, 1.82) is 0 Å². The van der Waals surface area contributed by atoms with Crippen LogP contribution in [0.2, 0.25) is 5.02 Å². The number of carbonyl (C=O) groups excluding carboxylic acids is 1. The van der Waals surface area contributed by atoms with E-state index in [4.69, 9.17) is 27.1 Å². The van der Waals surface area contributed by atoms with Crippen molar-refractivity contribution >= 4 is 50.1 Å². The summed E-state index contributed by atoms with van der Waals surface area (Å²) in [4.78, 5) is 20.8. The number of hydrogen-bond donors (Lipinski definition) is 2. The van der Waals surface area contributed by atoms with Crippen LogP contribution in [-0.4, -0.2) is 55.8 Å². The number of thiophene rings is 1. The van der Waals surface area contributed by atoms with Crippen LogP contribution in [0.1, 0.15) is 36.0 Å². The van der Waals surface area contributed by atoms with Crippen LogP contribution >= 0.6 is 22.9 Å². The molecule has 2 saturated carbocycles. The molecular formula is C32H32ClN5O3S. The second-order valence-electron chi connectivity index (χ2n) is 12.1.